The van der Waals surface area contributed by atoms with Crippen molar-refractivity contribution in [1.29, 1.82) is 0 Å². The third kappa shape index (κ3) is 4.50. The van der Waals surface area contributed by atoms with Gasteiger partial charge in [-0.15, -0.1) is 0 Å². The number of benzene rings is 2. The molecule has 0 aliphatic rings. The maximum Gasteiger partial charge on any atom is 0.273 e. The van der Waals surface area contributed by atoms with Gasteiger partial charge in [0.2, 0.25) is 0 Å². The number of nitrogens with one attached hydrogen (secondary N) is 1. The quantitative estimate of drug-likeness (QED) is 0.657. The van der Waals surface area contributed by atoms with Gasteiger partial charge in [0.1, 0.15) is 0 Å². The Morgan fingerprint density at radius 1 is 1.00 bits per heavy atom. The van der Waals surface area contributed by atoms with E-state index in [1.54, 1.807) is 24.3 Å². The minimum atomic E-state index is -1.23. The molecular weight excluding hydrogens is 288 g/mol. The van der Waals surface area contributed by atoms with Gasteiger partial charge in [-0.2, -0.15) is 5.10 Å². The van der Waals surface area contributed by atoms with E-state index in [2.05, 4.69) is 36.5 Å². The second-order valence-corrected chi connectivity index (χ2v) is 5.76. The van der Waals surface area contributed by atoms with E-state index in [4.69, 9.17) is 0 Å². The predicted octanol–water partition coefficient (Wildman–Crippen LogP) is 3.38. The molecule has 2 aromatic rings. The van der Waals surface area contributed by atoms with Gasteiger partial charge >= 0.3 is 0 Å². The van der Waals surface area contributed by atoms with Crippen molar-refractivity contribution in [1.82, 2.24) is 5.43 Å². The van der Waals surface area contributed by atoms with Gasteiger partial charge in [-0.05, 0) is 29.5 Å². The van der Waals surface area contributed by atoms with Gasteiger partial charge in [0, 0.05) is 0 Å². The number of aliphatic hydroxyl groups excluding tert-OH is 1. The van der Waals surface area contributed by atoms with Crippen LogP contribution >= 0.6 is 0 Å². The first-order valence-corrected chi connectivity index (χ1v) is 7.66. The Bertz CT molecular complexity index is 676. The summed E-state index contributed by atoms with van der Waals surface area (Å²) in [6.07, 6.45) is -1.23. The lowest BCUT2D eigenvalue weighted by Gasteiger charge is -2.10. The van der Waals surface area contributed by atoms with Crippen LogP contribution in [-0.2, 0) is 4.79 Å². The summed E-state index contributed by atoms with van der Waals surface area (Å²) >= 11 is 0. The molecule has 4 nitrogen and oxygen atoms in total. The van der Waals surface area contributed by atoms with Crippen LogP contribution in [0, 0.1) is 0 Å². The SMILES string of the molecule is C/C(=N\NC(=O)C(O)c1ccccc1)c1ccc(C(C)C)cc1. The summed E-state index contributed by atoms with van der Waals surface area (Å²) in [5.41, 5.74) is 5.83. The molecule has 1 atom stereocenters. The summed E-state index contributed by atoms with van der Waals surface area (Å²) in [6, 6.07) is 16.8. The summed E-state index contributed by atoms with van der Waals surface area (Å²) in [4.78, 5) is 12.0. The lowest BCUT2D eigenvalue weighted by molar-refractivity contribution is -0.129. The molecule has 0 aliphatic heterocycles. The van der Waals surface area contributed by atoms with Crippen LogP contribution in [0.15, 0.2) is 59.7 Å². The van der Waals surface area contributed by atoms with Crippen molar-refractivity contribution in [2.45, 2.75) is 32.8 Å². The largest absolute Gasteiger partial charge is 0.378 e. The summed E-state index contributed by atoms with van der Waals surface area (Å²) in [6.45, 7) is 6.10. The Morgan fingerprint density at radius 2 is 1.61 bits per heavy atom. The average Bonchev–Trinajstić information content (AvgIpc) is 2.59. The molecule has 0 aliphatic carbocycles. The number of hydrogen-bond donors (Lipinski definition) is 2. The zero-order chi connectivity index (χ0) is 16.8. The first-order valence-electron chi connectivity index (χ1n) is 7.66. The average molecular weight is 310 g/mol. The van der Waals surface area contributed by atoms with Crippen molar-refractivity contribution in [2.75, 3.05) is 0 Å². The zero-order valence-electron chi connectivity index (χ0n) is 13.7. The van der Waals surface area contributed by atoms with Crippen LogP contribution in [0.5, 0.6) is 0 Å². The summed E-state index contributed by atoms with van der Waals surface area (Å²) < 4.78 is 0. The number of carbonyl (C=O) groups is 1. The van der Waals surface area contributed by atoms with E-state index in [-0.39, 0.29) is 0 Å². The van der Waals surface area contributed by atoms with Crippen molar-refractivity contribution in [3.05, 3.63) is 71.3 Å². The molecule has 0 saturated carbocycles. The van der Waals surface area contributed by atoms with Crippen LogP contribution < -0.4 is 5.43 Å². The van der Waals surface area contributed by atoms with E-state index < -0.39 is 12.0 Å². The van der Waals surface area contributed by atoms with Gasteiger partial charge in [0.05, 0.1) is 5.71 Å². The fourth-order valence-electron chi connectivity index (χ4n) is 2.16. The monoisotopic (exact) mass is 310 g/mol. The number of nitrogens with zero attached hydrogens (tertiary/aromatic N) is 1. The lowest BCUT2D eigenvalue weighted by Crippen LogP contribution is -2.26. The lowest BCUT2D eigenvalue weighted by atomic mass is 10.0. The molecule has 2 aromatic carbocycles. The molecule has 0 fully saturated rings. The minimum absolute atomic E-state index is 0.474. The second kappa shape index (κ2) is 7.70. The second-order valence-electron chi connectivity index (χ2n) is 5.76. The molecule has 23 heavy (non-hydrogen) atoms. The number of rotatable bonds is 5. The topological polar surface area (TPSA) is 61.7 Å². The molecule has 2 rings (SSSR count). The van der Waals surface area contributed by atoms with Crippen LogP contribution in [0.2, 0.25) is 0 Å². The van der Waals surface area contributed by atoms with Gasteiger partial charge in [-0.25, -0.2) is 5.43 Å². The maximum absolute atomic E-state index is 12.0. The molecule has 0 aromatic heterocycles. The van der Waals surface area contributed by atoms with Crippen LogP contribution in [0.1, 0.15) is 49.5 Å². The highest BCUT2D eigenvalue weighted by atomic mass is 16.3. The smallest absolute Gasteiger partial charge is 0.273 e. The first kappa shape index (κ1) is 16.9. The maximum atomic E-state index is 12.0. The first-order chi connectivity index (χ1) is 11.0. The fourth-order valence-corrected chi connectivity index (χ4v) is 2.16. The normalized spacial score (nSPS) is 13.0. The van der Waals surface area contributed by atoms with Crippen LogP contribution in [0.4, 0.5) is 0 Å². The van der Waals surface area contributed by atoms with Crippen molar-refractivity contribution >= 4 is 11.6 Å². The summed E-state index contributed by atoms with van der Waals surface area (Å²) in [7, 11) is 0. The molecule has 1 unspecified atom stereocenters. The number of hydrogen-bond acceptors (Lipinski definition) is 3. The van der Waals surface area contributed by atoms with Crippen molar-refractivity contribution in [2.24, 2.45) is 5.10 Å². The molecular formula is C19H22N2O2. The molecule has 120 valence electrons. The van der Waals surface area contributed by atoms with Crippen molar-refractivity contribution in [3.63, 3.8) is 0 Å². The van der Waals surface area contributed by atoms with Gasteiger partial charge in [0.25, 0.3) is 5.91 Å². The number of amides is 1. The molecule has 2 N–H and O–H groups in total. The van der Waals surface area contributed by atoms with Gasteiger partial charge in [0.15, 0.2) is 6.10 Å². The van der Waals surface area contributed by atoms with Crippen LogP contribution in [0.25, 0.3) is 0 Å². The van der Waals surface area contributed by atoms with E-state index in [1.165, 1.54) is 5.56 Å². The molecule has 4 heteroatoms. The summed E-state index contributed by atoms with van der Waals surface area (Å²) in [5.74, 6) is -0.0728. The number of hydrazone groups is 1. The number of carbonyl (C=O) groups excluding carboxylic acids is 1. The predicted molar refractivity (Wildman–Crippen MR) is 92.3 cm³/mol. The fraction of sp³-hybridized carbons (Fsp3) is 0.263. The molecule has 0 radical (unpaired) electrons. The Balaban J connectivity index is 2.02. The van der Waals surface area contributed by atoms with E-state index >= 15 is 0 Å². The Morgan fingerprint density at radius 3 is 2.17 bits per heavy atom. The molecule has 0 saturated heterocycles. The van der Waals surface area contributed by atoms with E-state index in [1.807, 2.05) is 25.1 Å². The van der Waals surface area contributed by atoms with Gasteiger partial charge in [-0.3, -0.25) is 4.79 Å². The Labute approximate surface area is 136 Å². The highest BCUT2D eigenvalue weighted by Crippen LogP contribution is 2.15. The minimum Gasteiger partial charge on any atom is -0.378 e. The van der Waals surface area contributed by atoms with E-state index in [0.29, 0.717) is 17.2 Å². The van der Waals surface area contributed by atoms with E-state index in [0.717, 1.165) is 5.56 Å². The third-order valence-corrected chi connectivity index (χ3v) is 3.69. The standard InChI is InChI=1S/C19H22N2O2/c1-13(2)15-9-11-16(12-10-15)14(3)20-21-19(23)18(22)17-7-5-4-6-8-17/h4-13,18,22H,1-3H3,(H,21,23)/b20-14+. The highest BCUT2D eigenvalue weighted by molar-refractivity contribution is 5.99. The van der Waals surface area contributed by atoms with Crippen molar-refractivity contribution in [3.8, 4) is 0 Å². The third-order valence-electron chi connectivity index (χ3n) is 3.69. The number of aliphatic hydroxyl groups is 1. The van der Waals surface area contributed by atoms with E-state index in [9.17, 15) is 9.90 Å². The zero-order valence-corrected chi connectivity index (χ0v) is 13.7. The van der Waals surface area contributed by atoms with Crippen LogP contribution in [0.3, 0.4) is 0 Å². The highest BCUT2D eigenvalue weighted by Gasteiger charge is 2.16. The molecule has 0 spiro atoms. The molecule has 1 amide bonds. The Hall–Kier alpha value is -2.46. The van der Waals surface area contributed by atoms with Gasteiger partial charge < -0.3 is 5.11 Å². The summed E-state index contributed by atoms with van der Waals surface area (Å²) in [5, 5.41) is 14.1. The van der Waals surface area contributed by atoms with Crippen molar-refractivity contribution < 1.29 is 9.90 Å². The van der Waals surface area contributed by atoms with Gasteiger partial charge in [-0.1, -0.05) is 68.4 Å². The molecule has 0 heterocycles. The van der Waals surface area contributed by atoms with Crippen LogP contribution in [-0.4, -0.2) is 16.7 Å². The Kier molecular flexibility index (Phi) is 5.66. The molecule has 0 bridgehead atoms.